The van der Waals surface area contributed by atoms with E-state index in [1.54, 1.807) is 13.8 Å². The molecular formula is C18H24N2O4S. The monoisotopic (exact) mass is 364 g/mol. The summed E-state index contributed by atoms with van der Waals surface area (Å²) in [6.45, 7) is 5.00. The summed E-state index contributed by atoms with van der Waals surface area (Å²) in [5.74, 6) is -1.01. The number of amides is 3. The quantitative estimate of drug-likeness (QED) is 0.598. The van der Waals surface area contributed by atoms with Gasteiger partial charge < -0.3 is 10.1 Å². The molecule has 2 rings (SSSR count). The molecule has 1 aliphatic carbocycles. The molecule has 3 amide bonds. The Kier molecular flexibility index (Phi) is 6.87. The number of hydrogen-bond acceptors (Lipinski definition) is 5. The van der Waals surface area contributed by atoms with Crippen LogP contribution in [-0.2, 0) is 27.2 Å². The Labute approximate surface area is 152 Å². The molecule has 1 atom stereocenters. The van der Waals surface area contributed by atoms with E-state index in [2.05, 4.69) is 22.8 Å². The van der Waals surface area contributed by atoms with E-state index in [1.807, 2.05) is 6.07 Å². The fourth-order valence-electron chi connectivity index (χ4n) is 2.58. The van der Waals surface area contributed by atoms with Gasteiger partial charge in [0, 0.05) is 10.9 Å². The molecule has 0 aromatic heterocycles. The van der Waals surface area contributed by atoms with Crippen LogP contribution in [-0.4, -0.2) is 35.8 Å². The molecule has 0 bridgehead atoms. The van der Waals surface area contributed by atoms with Crippen molar-refractivity contribution in [1.29, 1.82) is 0 Å². The minimum absolute atomic E-state index is 0.0885. The Balaban J connectivity index is 1.75. The van der Waals surface area contributed by atoms with E-state index in [-0.39, 0.29) is 11.8 Å². The number of aryl methyl sites for hydroxylation is 2. The van der Waals surface area contributed by atoms with E-state index in [0.717, 1.165) is 17.7 Å². The summed E-state index contributed by atoms with van der Waals surface area (Å²) in [7, 11) is 0. The molecule has 0 spiro atoms. The SMILES string of the molecule is CC(C)NC(=O)NC(=O)C(C)OC(=O)CSc1ccc2c(c1)CCC2. The number of benzene rings is 1. The van der Waals surface area contributed by atoms with Gasteiger partial charge in [-0.1, -0.05) is 6.07 Å². The van der Waals surface area contributed by atoms with Gasteiger partial charge in [-0.15, -0.1) is 11.8 Å². The van der Waals surface area contributed by atoms with Crippen LogP contribution >= 0.6 is 11.8 Å². The van der Waals surface area contributed by atoms with Gasteiger partial charge in [0.05, 0.1) is 5.75 Å². The van der Waals surface area contributed by atoms with E-state index < -0.39 is 24.0 Å². The lowest BCUT2D eigenvalue weighted by atomic mass is 10.1. The summed E-state index contributed by atoms with van der Waals surface area (Å²) in [4.78, 5) is 36.2. The molecule has 1 aromatic rings. The summed E-state index contributed by atoms with van der Waals surface area (Å²) in [5, 5.41) is 4.68. The summed E-state index contributed by atoms with van der Waals surface area (Å²) >= 11 is 1.39. The van der Waals surface area contributed by atoms with Crippen molar-refractivity contribution in [2.75, 3.05) is 5.75 Å². The molecule has 136 valence electrons. The molecule has 0 radical (unpaired) electrons. The maximum Gasteiger partial charge on any atom is 0.321 e. The van der Waals surface area contributed by atoms with E-state index in [1.165, 1.54) is 36.2 Å². The highest BCUT2D eigenvalue weighted by Gasteiger charge is 2.20. The molecule has 1 unspecified atom stereocenters. The molecule has 0 saturated carbocycles. The van der Waals surface area contributed by atoms with Crippen LogP contribution in [0, 0.1) is 0 Å². The van der Waals surface area contributed by atoms with Gasteiger partial charge in [-0.2, -0.15) is 0 Å². The molecule has 7 heteroatoms. The van der Waals surface area contributed by atoms with Gasteiger partial charge in [0.2, 0.25) is 0 Å². The van der Waals surface area contributed by atoms with Crippen molar-refractivity contribution in [2.45, 2.75) is 57.1 Å². The van der Waals surface area contributed by atoms with E-state index in [0.29, 0.717) is 0 Å². The molecule has 1 aliphatic rings. The number of nitrogens with one attached hydrogen (secondary N) is 2. The van der Waals surface area contributed by atoms with Crippen molar-refractivity contribution in [3.63, 3.8) is 0 Å². The average Bonchev–Trinajstić information content (AvgIpc) is 2.99. The minimum Gasteiger partial charge on any atom is -0.452 e. The predicted octanol–water partition coefficient (Wildman–Crippen LogP) is 2.43. The highest BCUT2D eigenvalue weighted by atomic mass is 32.2. The standard InChI is InChI=1S/C18H24N2O4S/c1-11(2)19-18(23)20-17(22)12(3)24-16(21)10-25-15-8-7-13-5-4-6-14(13)9-15/h7-9,11-12H,4-6,10H2,1-3H3,(H2,19,20,22,23). The molecule has 0 saturated heterocycles. The zero-order chi connectivity index (χ0) is 18.4. The molecular weight excluding hydrogens is 340 g/mol. The molecule has 2 N–H and O–H groups in total. The Morgan fingerprint density at radius 3 is 2.60 bits per heavy atom. The number of fused-ring (bicyclic) bond motifs is 1. The van der Waals surface area contributed by atoms with Crippen LogP contribution in [0.15, 0.2) is 23.1 Å². The molecule has 25 heavy (non-hydrogen) atoms. The second kappa shape index (κ2) is 8.89. The van der Waals surface area contributed by atoms with Gasteiger partial charge in [-0.3, -0.25) is 14.9 Å². The van der Waals surface area contributed by atoms with E-state index in [4.69, 9.17) is 4.74 Å². The van der Waals surface area contributed by atoms with Gasteiger partial charge in [0.1, 0.15) is 0 Å². The fraction of sp³-hybridized carbons (Fsp3) is 0.500. The number of rotatable bonds is 6. The first-order chi connectivity index (χ1) is 11.8. The Morgan fingerprint density at radius 1 is 1.16 bits per heavy atom. The first kappa shape index (κ1) is 19.3. The first-order valence-electron chi connectivity index (χ1n) is 8.40. The second-order valence-corrected chi connectivity index (χ2v) is 7.37. The second-order valence-electron chi connectivity index (χ2n) is 6.32. The van der Waals surface area contributed by atoms with Crippen LogP contribution in [0.1, 0.15) is 38.3 Å². The lowest BCUT2D eigenvalue weighted by Gasteiger charge is -2.14. The Morgan fingerprint density at radius 2 is 1.88 bits per heavy atom. The van der Waals surface area contributed by atoms with Gasteiger partial charge in [-0.05, 0) is 63.3 Å². The molecule has 6 nitrogen and oxygen atoms in total. The van der Waals surface area contributed by atoms with E-state index in [9.17, 15) is 14.4 Å². The molecule has 0 fully saturated rings. The maximum absolute atomic E-state index is 11.9. The van der Waals surface area contributed by atoms with Crippen LogP contribution in [0.2, 0.25) is 0 Å². The van der Waals surface area contributed by atoms with Crippen molar-refractivity contribution in [3.8, 4) is 0 Å². The van der Waals surface area contributed by atoms with Crippen LogP contribution < -0.4 is 10.6 Å². The van der Waals surface area contributed by atoms with Crippen LogP contribution in [0.3, 0.4) is 0 Å². The van der Waals surface area contributed by atoms with E-state index >= 15 is 0 Å². The fourth-order valence-corrected chi connectivity index (χ4v) is 3.32. The van der Waals surface area contributed by atoms with Gasteiger partial charge in [0.15, 0.2) is 6.10 Å². The number of carbonyl (C=O) groups is 3. The third-order valence-corrected chi connectivity index (χ3v) is 4.73. The smallest absolute Gasteiger partial charge is 0.321 e. The van der Waals surface area contributed by atoms with Crippen LogP contribution in [0.25, 0.3) is 0 Å². The largest absolute Gasteiger partial charge is 0.452 e. The lowest BCUT2D eigenvalue weighted by Crippen LogP contribution is -2.46. The third kappa shape index (κ3) is 6.08. The Hall–Kier alpha value is -2.02. The molecule has 1 aromatic carbocycles. The summed E-state index contributed by atoms with van der Waals surface area (Å²) in [6.07, 6.45) is 2.37. The van der Waals surface area contributed by atoms with Crippen molar-refractivity contribution >= 4 is 29.7 Å². The summed E-state index contributed by atoms with van der Waals surface area (Å²) < 4.78 is 5.08. The zero-order valence-electron chi connectivity index (χ0n) is 14.8. The Bertz CT molecular complexity index is 660. The van der Waals surface area contributed by atoms with Crippen molar-refractivity contribution in [1.82, 2.24) is 10.6 Å². The molecule has 0 heterocycles. The number of urea groups is 1. The highest BCUT2D eigenvalue weighted by molar-refractivity contribution is 8.00. The predicted molar refractivity (Wildman–Crippen MR) is 96.6 cm³/mol. The lowest BCUT2D eigenvalue weighted by molar-refractivity contribution is -0.151. The van der Waals surface area contributed by atoms with Gasteiger partial charge in [0.25, 0.3) is 5.91 Å². The number of ether oxygens (including phenoxy) is 1. The van der Waals surface area contributed by atoms with Crippen molar-refractivity contribution in [2.24, 2.45) is 0 Å². The number of imide groups is 1. The zero-order valence-corrected chi connectivity index (χ0v) is 15.6. The number of carbonyl (C=O) groups excluding carboxylic acids is 3. The highest BCUT2D eigenvalue weighted by Crippen LogP contribution is 2.27. The minimum atomic E-state index is -1.02. The topological polar surface area (TPSA) is 84.5 Å². The van der Waals surface area contributed by atoms with Gasteiger partial charge in [-0.25, -0.2) is 4.79 Å². The number of esters is 1. The third-order valence-electron chi connectivity index (χ3n) is 3.76. The van der Waals surface area contributed by atoms with Crippen LogP contribution in [0.5, 0.6) is 0 Å². The first-order valence-corrected chi connectivity index (χ1v) is 9.39. The van der Waals surface area contributed by atoms with Crippen molar-refractivity contribution < 1.29 is 19.1 Å². The normalized spacial score (nSPS) is 13.9. The summed E-state index contributed by atoms with van der Waals surface area (Å²) in [5.41, 5.74) is 2.74. The van der Waals surface area contributed by atoms with Gasteiger partial charge >= 0.3 is 12.0 Å². The maximum atomic E-state index is 11.9. The number of hydrogen-bond donors (Lipinski definition) is 2. The summed E-state index contributed by atoms with van der Waals surface area (Å²) in [6, 6.07) is 5.55. The number of thioether (sulfide) groups is 1. The average molecular weight is 364 g/mol. The van der Waals surface area contributed by atoms with Crippen molar-refractivity contribution in [3.05, 3.63) is 29.3 Å². The molecule has 0 aliphatic heterocycles. The van der Waals surface area contributed by atoms with Crippen LogP contribution in [0.4, 0.5) is 4.79 Å².